The van der Waals surface area contributed by atoms with Crippen LogP contribution in [0.2, 0.25) is 0 Å². The molecular formula is C17H14BrNO3. The minimum absolute atomic E-state index is 0.259. The number of carbonyl (C=O) groups excluding carboxylic acids is 1. The molecule has 5 heteroatoms. The lowest BCUT2D eigenvalue weighted by atomic mass is 9.90. The van der Waals surface area contributed by atoms with E-state index in [0.29, 0.717) is 17.7 Å². The SMILES string of the molecule is CC(C(=O)O)(c1ccccc1)N1Cc2ccc(Br)cc2C1=O. The molecule has 3 rings (SSSR count). The molecule has 4 nitrogen and oxygen atoms in total. The van der Waals surface area contributed by atoms with E-state index in [1.165, 1.54) is 4.90 Å². The highest BCUT2D eigenvalue weighted by atomic mass is 79.9. The summed E-state index contributed by atoms with van der Waals surface area (Å²) in [7, 11) is 0. The number of fused-ring (bicyclic) bond motifs is 1. The van der Waals surface area contributed by atoms with Gasteiger partial charge < -0.3 is 10.0 Å². The molecule has 0 bridgehead atoms. The Morgan fingerprint density at radius 3 is 2.55 bits per heavy atom. The maximum absolute atomic E-state index is 12.7. The van der Waals surface area contributed by atoms with E-state index in [1.807, 2.05) is 18.2 Å². The van der Waals surface area contributed by atoms with Crippen LogP contribution in [0.3, 0.4) is 0 Å². The predicted molar refractivity (Wildman–Crippen MR) is 85.4 cm³/mol. The second-order valence-corrected chi connectivity index (χ2v) is 6.35. The second kappa shape index (κ2) is 5.25. The lowest BCUT2D eigenvalue weighted by Crippen LogP contribution is -2.49. The first-order valence-corrected chi connectivity index (χ1v) is 7.63. The fraction of sp³-hybridized carbons (Fsp3) is 0.176. The number of hydrogen-bond donors (Lipinski definition) is 1. The van der Waals surface area contributed by atoms with Crippen LogP contribution in [0.4, 0.5) is 0 Å². The maximum Gasteiger partial charge on any atom is 0.334 e. The molecule has 0 radical (unpaired) electrons. The van der Waals surface area contributed by atoms with Gasteiger partial charge in [0.1, 0.15) is 0 Å². The summed E-state index contributed by atoms with van der Waals surface area (Å²) in [5.41, 5.74) is 0.584. The molecule has 1 unspecified atom stereocenters. The number of rotatable bonds is 3. The zero-order valence-electron chi connectivity index (χ0n) is 11.9. The van der Waals surface area contributed by atoms with Crippen LogP contribution < -0.4 is 0 Å². The van der Waals surface area contributed by atoms with E-state index in [2.05, 4.69) is 15.9 Å². The highest BCUT2D eigenvalue weighted by molar-refractivity contribution is 9.10. The minimum Gasteiger partial charge on any atom is -0.479 e. The third-order valence-electron chi connectivity index (χ3n) is 4.17. The molecule has 0 saturated carbocycles. The summed E-state index contributed by atoms with van der Waals surface area (Å²) in [5.74, 6) is -1.30. The van der Waals surface area contributed by atoms with Gasteiger partial charge in [0.25, 0.3) is 5.91 Å². The largest absolute Gasteiger partial charge is 0.479 e. The quantitative estimate of drug-likeness (QED) is 0.913. The van der Waals surface area contributed by atoms with Gasteiger partial charge >= 0.3 is 5.97 Å². The highest BCUT2D eigenvalue weighted by Crippen LogP contribution is 2.37. The minimum atomic E-state index is -1.40. The van der Waals surface area contributed by atoms with Crippen molar-refractivity contribution in [3.05, 3.63) is 69.7 Å². The van der Waals surface area contributed by atoms with Crippen molar-refractivity contribution < 1.29 is 14.7 Å². The molecule has 1 N–H and O–H groups in total. The van der Waals surface area contributed by atoms with Crippen molar-refractivity contribution in [2.24, 2.45) is 0 Å². The number of carboxylic acids is 1. The summed E-state index contributed by atoms with van der Waals surface area (Å²) < 4.78 is 0.804. The Kier molecular flexibility index (Phi) is 3.53. The van der Waals surface area contributed by atoms with Crippen LogP contribution in [-0.2, 0) is 16.9 Å². The summed E-state index contributed by atoms with van der Waals surface area (Å²) >= 11 is 3.35. The average Bonchev–Trinajstić information content (AvgIpc) is 2.84. The molecule has 0 aliphatic carbocycles. The smallest absolute Gasteiger partial charge is 0.334 e. The highest BCUT2D eigenvalue weighted by Gasteiger charge is 2.47. The van der Waals surface area contributed by atoms with Crippen molar-refractivity contribution in [2.75, 3.05) is 0 Å². The Bertz CT molecular complexity index is 760. The Morgan fingerprint density at radius 2 is 1.91 bits per heavy atom. The first kappa shape index (κ1) is 14.8. The van der Waals surface area contributed by atoms with Gasteiger partial charge in [-0.05, 0) is 30.2 Å². The molecule has 1 atom stereocenters. The number of nitrogens with zero attached hydrogens (tertiary/aromatic N) is 1. The monoisotopic (exact) mass is 359 g/mol. The van der Waals surface area contributed by atoms with E-state index in [9.17, 15) is 14.7 Å². The zero-order valence-corrected chi connectivity index (χ0v) is 13.5. The number of carbonyl (C=O) groups is 2. The summed E-state index contributed by atoms with van der Waals surface area (Å²) in [4.78, 5) is 26.1. The first-order chi connectivity index (χ1) is 10.4. The molecule has 0 saturated heterocycles. The van der Waals surface area contributed by atoms with Gasteiger partial charge in [-0.1, -0.05) is 52.3 Å². The van der Waals surface area contributed by atoms with Crippen LogP contribution in [0, 0.1) is 0 Å². The van der Waals surface area contributed by atoms with Crippen LogP contribution in [0.15, 0.2) is 53.0 Å². The van der Waals surface area contributed by atoms with Crippen LogP contribution in [0.5, 0.6) is 0 Å². The Hall–Kier alpha value is -2.14. The van der Waals surface area contributed by atoms with E-state index in [1.54, 1.807) is 37.3 Å². The molecule has 1 heterocycles. The molecule has 2 aromatic carbocycles. The van der Waals surface area contributed by atoms with Gasteiger partial charge in [-0.2, -0.15) is 0 Å². The van der Waals surface area contributed by atoms with Gasteiger partial charge in [0, 0.05) is 16.6 Å². The van der Waals surface area contributed by atoms with Gasteiger partial charge in [0.05, 0.1) is 0 Å². The molecule has 1 aliphatic rings. The topological polar surface area (TPSA) is 57.6 Å². The van der Waals surface area contributed by atoms with E-state index in [-0.39, 0.29) is 5.91 Å². The number of amides is 1. The molecule has 0 aromatic heterocycles. The van der Waals surface area contributed by atoms with Crippen molar-refractivity contribution in [1.29, 1.82) is 0 Å². The summed E-state index contributed by atoms with van der Waals surface area (Å²) in [5, 5.41) is 9.79. The summed E-state index contributed by atoms with van der Waals surface area (Å²) in [6.07, 6.45) is 0. The third-order valence-corrected chi connectivity index (χ3v) is 4.66. The molecule has 112 valence electrons. The zero-order chi connectivity index (χ0) is 15.9. The van der Waals surface area contributed by atoms with Gasteiger partial charge in [-0.3, -0.25) is 4.79 Å². The number of benzene rings is 2. The van der Waals surface area contributed by atoms with Crippen LogP contribution in [0.25, 0.3) is 0 Å². The summed E-state index contributed by atoms with van der Waals surface area (Å²) in [6.45, 7) is 1.86. The molecule has 0 fully saturated rings. The predicted octanol–water partition coefficient (Wildman–Crippen LogP) is 3.40. The standard InChI is InChI=1S/C17H14BrNO3/c1-17(16(21)22,12-5-3-2-4-6-12)19-10-11-7-8-13(18)9-14(11)15(19)20/h2-9H,10H2,1H3,(H,21,22). The van der Waals surface area contributed by atoms with E-state index in [0.717, 1.165) is 10.0 Å². The van der Waals surface area contributed by atoms with E-state index in [4.69, 9.17) is 0 Å². The van der Waals surface area contributed by atoms with E-state index < -0.39 is 11.5 Å². The van der Waals surface area contributed by atoms with Crippen LogP contribution in [0.1, 0.15) is 28.4 Å². The van der Waals surface area contributed by atoms with Crippen molar-refractivity contribution in [3.8, 4) is 0 Å². The molecule has 0 spiro atoms. The molecule has 1 amide bonds. The maximum atomic E-state index is 12.7. The normalized spacial score (nSPS) is 16.3. The number of aliphatic carboxylic acids is 1. The van der Waals surface area contributed by atoms with E-state index >= 15 is 0 Å². The lowest BCUT2D eigenvalue weighted by molar-refractivity contribution is -0.149. The second-order valence-electron chi connectivity index (χ2n) is 5.44. The van der Waals surface area contributed by atoms with Crippen molar-refractivity contribution >= 4 is 27.8 Å². The average molecular weight is 360 g/mol. The molecular weight excluding hydrogens is 346 g/mol. The van der Waals surface area contributed by atoms with Gasteiger partial charge in [-0.25, -0.2) is 4.79 Å². The summed E-state index contributed by atoms with van der Waals surface area (Å²) in [6, 6.07) is 14.3. The van der Waals surface area contributed by atoms with Gasteiger partial charge in [-0.15, -0.1) is 0 Å². The fourth-order valence-electron chi connectivity index (χ4n) is 2.79. The number of carboxylic acid groups (broad SMARTS) is 1. The Balaban J connectivity index is 2.09. The molecule has 22 heavy (non-hydrogen) atoms. The third kappa shape index (κ3) is 2.13. The van der Waals surface area contributed by atoms with Gasteiger partial charge in [0.15, 0.2) is 5.54 Å². The van der Waals surface area contributed by atoms with Crippen molar-refractivity contribution in [3.63, 3.8) is 0 Å². The molecule has 1 aliphatic heterocycles. The number of hydrogen-bond acceptors (Lipinski definition) is 2. The lowest BCUT2D eigenvalue weighted by Gasteiger charge is -2.35. The van der Waals surface area contributed by atoms with Crippen molar-refractivity contribution in [1.82, 2.24) is 4.90 Å². The van der Waals surface area contributed by atoms with Crippen LogP contribution >= 0.6 is 15.9 Å². The fourth-order valence-corrected chi connectivity index (χ4v) is 3.15. The molecule has 2 aromatic rings. The van der Waals surface area contributed by atoms with Crippen molar-refractivity contribution in [2.45, 2.75) is 19.0 Å². The Morgan fingerprint density at radius 1 is 1.23 bits per heavy atom. The Labute approximate surface area is 136 Å². The van der Waals surface area contributed by atoms with Crippen LogP contribution in [-0.4, -0.2) is 21.9 Å². The number of halogens is 1. The first-order valence-electron chi connectivity index (χ1n) is 6.84. The van der Waals surface area contributed by atoms with Gasteiger partial charge in [0.2, 0.25) is 0 Å².